The van der Waals surface area contributed by atoms with Gasteiger partial charge in [0.2, 0.25) is 5.91 Å². The van der Waals surface area contributed by atoms with Gasteiger partial charge in [0.1, 0.15) is 0 Å². The minimum Gasteiger partial charge on any atom is -0.356 e. The molecule has 1 atom stereocenters. The highest BCUT2D eigenvalue weighted by atomic mass is 16.1. The number of hydrogen-bond acceptors (Lipinski definition) is 1. The van der Waals surface area contributed by atoms with E-state index in [4.69, 9.17) is 0 Å². The highest BCUT2D eigenvalue weighted by molar-refractivity contribution is 5.78. The molecular weight excluding hydrogens is 150 g/mol. The van der Waals surface area contributed by atoms with Gasteiger partial charge in [0.15, 0.2) is 0 Å². The predicted molar refractivity (Wildman–Crippen MR) is 49.8 cm³/mol. The second-order valence-electron chi connectivity index (χ2n) is 3.73. The van der Waals surface area contributed by atoms with Crippen molar-refractivity contribution in [1.29, 1.82) is 0 Å². The summed E-state index contributed by atoms with van der Waals surface area (Å²) in [7, 11) is 0. The molecule has 1 amide bonds. The van der Waals surface area contributed by atoms with Crippen LogP contribution >= 0.6 is 0 Å². The van der Waals surface area contributed by atoms with Crippen molar-refractivity contribution < 1.29 is 4.79 Å². The van der Waals surface area contributed by atoms with E-state index in [9.17, 15) is 4.79 Å². The maximum atomic E-state index is 11.4. The van der Waals surface area contributed by atoms with Gasteiger partial charge in [-0.2, -0.15) is 0 Å². The van der Waals surface area contributed by atoms with Crippen molar-refractivity contribution >= 4 is 5.91 Å². The van der Waals surface area contributed by atoms with Gasteiger partial charge in [-0.25, -0.2) is 0 Å². The van der Waals surface area contributed by atoms with Crippen LogP contribution < -0.4 is 5.32 Å². The average Bonchev–Trinajstić information content (AvgIpc) is 2.55. The van der Waals surface area contributed by atoms with E-state index in [-0.39, 0.29) is 11.8 Å². The molecule has 1 saturated carbocycles. The number of amides is 1. The van der Waals surface area contributed by atoms with E-state index in [1.165, 1.54) is 25.7 Å². The van der Waals surface area contributed by atoms with E-state index < -0.39 is 0 Å². The topological polar surface area (TPSA) is 29.1 Å². The molecule has 0 spiro atoms. The molecule has 0 heterocycles. The van der Waals surface area contributed by atoms with Crippen molar-refractivity contribution in [2.45, 2.75) is 39.5 Å². The smallest absolute Gasteiger partial charge is 0.223 e. The van der Waals surface area contributed by atoms with Crippen molar-refractivity contribution in [2.75, 3.05) is 6.54 Å². The highest BCUT2D eigenvalue weighted by Crippen LogP contribution is 2.31. The van der Waals surface area contributed by atoms with Crippen LogP contribution in [0.4, 0.5) is 0 Å². The van der Waals surface area contributed by atoms with Crippen LogP contribution in [0.3, 0.4) is 0 Å². The summed E-state index contributed by atoms with van der Waals surface area (Å²) in [6, 6.07) is 0. The molecule has 1 aliphatic carbocycles. The Bertz CT molecular complexity index is 150. The lowest BCUT2D eigenvalue weighted by Gasteiger charge is -2.17. The van der Waals surface area contributed by atoms with Crippen molar-refractivity contribution in [3.8, 4) is 0 Å². The second kappa shape index (κ2) is 4.48. The number of carbonyl (C=O) groups is 1. The summed E-state index contributed by atoms with van der Waals surface area (Å²) < 4.78 is 0. The number of hydrogen-bond donors (Lipinski definition) is 1. The molecule has 1 rings (SSSR count). The Morgan fingerprint density at radius 1 is 1.50 bits per heavy atom. The van der Waals surface area contributed by atoms with Gasteiger partial charge < -0.3 is 5.32 Å². The zero-order chi connectivity index (χ0) is 8.97. The standard InChI is InChI=1S/C10H19NO/c1-3-11-10(12)8(2)9-6-4-5-7-9/h8-9H,3-7H2,1-2H3,(H,11,12). The van der Waals surface area contributed by atoms with Crippen LogP contribution in [0.1, 0.15) is 39.5 Å². The molecule has 0 aromatic rings. The molecule has 0 radical (unpaired) electrons. The maximum Gasteiger partial charge on any atom is 0.223 e. The molecule has 2 heteroatoms. The molecule has 1 unspecified atom stereocenters. The minimum absolute atomic E-state index is 0.229. The van der Waals surface area contributed by atoms with Crippen LogP contribution in [-0.2, 0) is 4.79 Å². The Morgan fingerprint density at radius 3 is 2.58 bits per heavy atom. The molecule has 2 nitrogen and oxygen atoms in total. The Morgan fingerprint density at radius 2 is 2.08 bits per heavy atom. The normalized spacial score (nSPS) is 20.8. The van der Waals surface area contributed by atoms with Gasteiger partial charge in [0.05, 0.1) is 0 Å². The fourth-order valence-electron chi connectivity index (χ4n) is 2.01. The van der Waals surface area contributed by atoms with E-state index in [0.29, 0.717) is 5.92 Å². The molecule has 70 valence electrons. The highest BCUT2D eigenvalue weighted by Gasteiger charge is 2.25. The van der Waals surface area contributed by atoms with Crippen LogP contribution in [0.5, 0.6) is 0 Å². The lowest BCUT2D eigenvalue weighted by molar-refractivity contribution is -0.125. The molecule has 0 aromatic heterocycles. The van der Waals surface area contributed by atoms with E-state index >= 15 is 0 Å². The van der Waals surface area contributed by atoms with Gasteiger partial charge in [-0.3, -0.25) is 4.79 Å². The second-order valence-corrected chi connectivity index (χ2v) is 3.73. The molecule has 0 aromatic carbocycles. The summed E-state index contributed by atoms with van der Waals surface area (Å²) in [5.41, 5.74) is 0. The van der Waals surface area contributed by atoms with Gasteiger partial charge >= 0.3 is 0 Å². The lowest BCUT2D eigenvalue weighted by Crippen LogP contribution is -2.32. The zero-order valence-electron chi connectivity index (χ0n) is 8.10. The van der Waals surface area contributed by atoms with Crippen LogP contribution in [0.25, 0.3) is 0 Å². The molecule has 0 bridgehead atoms. The number of carbonyl (C=O) groups excluding carboxylic acids is 1. The maximum absolute atomic E-state index is 11.4. The average molecular weight is 169 g/mol. The van der Waals surface area contributed by atoms with Gasteiger partial charge in [-0.05, 0) is 25.7 Å². The summed E-state index contributed by atoms with van der Waals surface area (Å²) in [5, 5.41) is 2.88. The first-order valence-electron chi connectivity index (χ1n) is 5.03. The molecule has 0 saturated heterocycles. The molecule has 1 fully saturated rings. The first kappa shape index (κ1) is 9.56. The van der Waals surface area contributed by atoms with E-state index in [2.05, 4.69) is 12.2 Å². The lowest BCUT2D eigenvalue weighted by atomic mass is 9.92. The third-order valence-electron chi connectivity index (χ3n) is 2.87. The van der Waals surface area contributed by atoms with Gasteiger partial charge in [0.25, 0.3) is 0 Å². The summed E-state index contributed by atoms with van der Waals surface area (Å²) >= 11 is 0. The largest absolute Gasteiger partial charge is 0.356 e. The van der Waals surface area contributed by atoms with Crippen molar-refractivity contribution in [2.24, 2.45) is 11.8 Å². The van der Waals surface area contributed by atoms with Crippen LogP contribution in [0.15, 0.2) is 0 Å². The van der Waals surface area contributed by atoms with E-state index in [1.807, 2.05) is 6.92 Å². The molecular formula is C10H19NO. The third-order valence-corrected chi connectivity index (χ3v) is 2.87. The first-order chi connectivity index (χ1) is 5.75. The first-order valence-corrected chi connectivity index (χ1v) is 5.03. The fourth-order valence-corrected chi connectivity index (χ4v) is 2.01. The molecule has 1 aliphatic rings. The van der Waals surface area contributed by atoms with Crippen LogP contribution in [0.2, 0.25) is 0 Å². The van der Waals surface area contributed by atoms with Crippen molar-refractivity contribution in [3.05, 3.63) is 0 Å². The summed E-state index contributed by atoms with van der Waals surface area (Å²) in [5.74, 6) is 1.12. The van der Waals surface area contributed by atoms with Gasteiger partial charge in [-0.15, -0.1) is 0 Å². The van der Waals surface area contributed by atoms with E-state index in [0.717, 1.165) is 6.54 Å². The Balaban J connectivity index is 2.34. The number of rotatable bonds is 3. The molecule has 12 heavy (non-hydrogen) atoms. The fraction of sp³-hybridized carbons (Fsp3) is 0.900. The Kier molecular flexibility index (Phi) is 3.57. The summed E-state index contributed by atoms with van der Waals surface area (Å²) in [6.45, 7) is 4.79. The quantitative estimate of drug-likeness (QED) is 0.687. The van der Waals surface area contributed by atoms with Crippen molar-refractivity contribution in [1.82, 2.24) is 5.32 Å². The minimum atomic E-state index is 0.229. The van der Waals surface area contributed by atoms with Crippen LogP contribution in [-0.4, -0.2) is 12.5 Å². The van der Waals surface area contributed by atoms with Crippen molar-refractivity contribution in [3.63, 3.8) is 0 Å². The van der Waals surface area contributed by atoms with E-state index in [1.54, 1.807) is 0 Å². The van der Waals surface area contributed by atoms with Gasteiger partial charge in [0, 0.05) is 12.5 Å². The monoisotopic (exact) mass is 169 g/mol. The Labute approximate surface area is 74.7 Å². The summed E-state index contributed by atoms with van der Waals surface area (Å²) in [4.78, 5) is 11.4. The zero-order valence-corrected chi connectivity index (χ0v) is 8.10. The van der Waals surface area contributed by atoms with Crippen LogP contribution in [0, 0.1) is 11.8 Å². The predicted octanol–water partition coefficient (Wildman–Crippen LogP) is 1.95. The van der Waals surface area contributed by atoms with Gasteiger partial charge in [-0.1, -0.05) is 19.8 Å². The summed E-state index contributed by atoms with van der Waals surface area (Å²) in [6.07, 6.45) is 5.12. The SMILES string of the molecule is CCNC(=O)C(C)C1CCCC1. The third kappa shape index (κ3) is 2.23. The number of nitrogens with one attached hydrogen (secondary N) is 1. The molecule has 0 aliphatic heterocycles. The Hall–Kier alpha value is -0.530. The molecule has 1 N–H and O–H groups in total.